The molecule has 1 fully saturated rings. The molecule has 0 aromatic heterocycles. The van der Waals surface area contributed by atoms with Gasteiger partial charge in [-0.25, -0.2) is 9.88 Å². The molecule has 1 heterocycles. The predicted molar refractivity (Wildman–Crippen MR) is 152 cm³/mol. The van der Waals surface area contributed by atoms with Gasteiger partial charge >= 0.3 is 20.5 Å². The van der Waals surface area contributed by atoms with Crippen LogP contribution in [0.4, 0.5) is 4.79 Å². The van der Waals surface area contributed by atoms with Gasteiger partial charge in [-0.2, -0.15) is 0 Å². The number of rotatable bonds is 14. The largest absolute Gasteiger partial charge is 0.462 e. The summed E-state index contributed by atoms with van der Waals surface area (Å²) in [7, 11) is -0.304. The van der Waals surface area contributed by atoms with Gasteiger partial charge in [-0.1, -0.05) is 18.9 Å². The molecular formula is C25H38N5O7PS. The van der Waals surface area contributed by atoms with Crippen LogP contribution in [0.1, 0.15) is 39.7 Å². The molecule has 39 heavy (non-hydrogen) atoms. The highest BCUT2D eigenvalue weighted by Gasteiger charge is 2.38. The predicted octanol–water partition coefficient (Wildman–Crippen LogP) is 3.21. The number of aldehydes is 1. The molecule has 2 amide bonds. The van der Waals surface area contributed by atoms with Gasteiger partial charge < -0.3 is 29.6 Å². The number of hydrogen-bond donors (Lipinski definition) is 4. The summed E-state index contributed by atoms with van der Waals surface area (Å²) < 4.78 is 23.5. The average molecular weight is 584 g/mol. The molecule has 1 aromatic carbocycles. The van der Waals surface area contributed by atoms with Crippen LogP contribution < -0.4 is 25.8 Å². The smallest absolute Gasteiger partial charge is 0.323 e. The number of esters is 1. The Morgan fingerprint density at radius 2 is 1.97 bits per heavy atom. The average Bonchev–Trinajstić information content (AvgIpc) is 3.27. The summed E-state index contributed by atoms with van der Waals surface area (Å²) in [6.07, 6.45) is 2.58. The van der Waals surface area contributed by atoms with E-state index in [1.807, 2.05) is 6.92 Å². The van der Waals surface area contributed by atoms with Gasteiger partial charge in [-0.15, -0.1) is 0 Å². The summed E-state index contributed by atoms with van der Waals surface area (Å²) in [6.45, 7) is 7.28. The van der Waals surface area contributed by atoms with Crippen LogP contribution in [-0.2, 0) is 23.6 Å². The Balaban J connectivity index is 2.12. The van der Waals surface area contributed by atoms with Crippen LogP contribution in [0.25, 0.3) is 5.70 Å². The lowest BCUT2D eigenvalue weighted by Crippen LogP contribution is -2.44. The Kier molecular flexibility index (Phi) is 13.7. The second-order valence-corrected chi connectivity index (χ2v) is 10.7. The van der Waals surface area contributed by atoms with Crippen molar-refractivity contribution < 1.29 is 32.9 Å². The number of hydrogen-bond acceptors (Lipinski definition) is 11. The standard InChI is InChI=1S/C25H38N5O7PS/c1-16(2)35-24(32)18(4)29-38(37-20-9-7-19(8-10-20)22(26)15-39-27)34-14-21-13-17(3)23(36-21)30(11-6-12-31)25(33)28-5/h6-12,15-18,21,23,29H,13-14,26-27H2,1-5H3,(H,28,33)/b11-6-,22-15-/t17?,18-,21?,23?,38?/m0/s1. The monoisotopic (exact) mass is 583 g/mol. The second-order valence-electron chi connectivity index (χ2n) is 9.02. The minimum atomic E-state index is -1.80. The molecule has 1 aliphatic heterocycles. The van der Waals surface area contributed by atoms with Crippen molar-refractivity contribution in [2.45, 2.75) is 58.6 Å². The highest BCUT2D eigenvalue weighted by Crippen LogP contribution is 2.38. The van der Waals surface area contributed by atoms with E-state index in [9.17, 15) is 14.4 Å². The molecule has 1 saturated heterocycles. The summed E-state index contributed by atoms with van der Waals surface area (Å²) in [4.78, 5) is 36.9. The summed E-state index contributed by atoms with van der Waals surface area (Å²) in [5, 5.41) is 12.7. The van der Waals surface area contributed by atoms with Crippen LogP contribution in [0.2, 0.25) is 0 Å². The summed E-state index contributed by atoms with van der Waals surface area (Å²) in [6, 6.07) is 5.94. The first-order valence-corrected chi connectivity index (χ1v) is 14.5. The van der Waals surface area contributed by atoms with E-state index in [-0.39, 0.29) is 24.7 Å². The van der Waals surface area contributed by atoms with Crippen molar-refractivity contribution in [3.05, 3.63) is 47.5 Å². The van der Waals surface area contributed by atoms with Crippen LogP contribution in [0.15, 0.2) is 41.9 Å². The lowest BCUT2D eigenvalue weighted by molar-refractivity contribution is -0.149. The molecule has 5 atom stereocenters. The first-order chi connectivity index (χ1) is 18.6. The summed E-state index contributed by atoms with van der Waals surface area (Å²) >= 11 is 1.01. The van der Waals surface area contributed by atoms with E-state index in [1.165, 1.54) is 24.2 Å². The molecule has 14 heteroatoms. The second kappa shape index (κ2) is 16.4. The van der Waals surface area contributed by atoms with Crippen molar-refractivity contribution >= 4 is 44.5 Å². The fourth-order valence-electron chi connectivity index (χ4n) is 3.62. The van der Waals surface area contributed by atoms with E-state index in [1.54, 1.807) is 50.4 Å². The van der Waals surface area contributed by atoms with Crippen molar-refractivity contribution in [3.63, 3.8) is 0 Å². The maximum atomic E-state index is 12.4. The molecule has 216 valence electrons. The van der Waals surface area contributed by atoms with Gasteiger partial charge in [0.2, 0.25) is 0 Å². The Morgan fingerprint density at radius 1 is 1.28 bits per heavy atom. The summed E-state index contributed by atoms with van der Waals surface area (Å²) in [5.41, 5.74) is 7.28. The number of benzene rings is 1. The van der Waals surface area contributed by atoms with E-state index >= 15 is 0 Å². The zero-order chi connectivity index (χ0) is 28.9. The van der Waals surface area contributed by atoms with Crippen molar-refractivity contribution in [3.8, 4) is 5.75 Å². The third-order valence-electron chi connectivity index (χ3n) is 5.45. The molecule has 12 nitrogen and oxygen atoms in total. The number of urea groups is 1. The van der Waals surface area contributed by atoms with E-state index in [0.717, 1.165) is 17.5 Å². The number of carbonyl (C=O) groups is 3. The highest BCUT2D eigenvalue weighted by molar-refractivity contribution is 8.00. The van der Waals surface area contributed by atoms with Gasteiger partial charge in [0.1, 0.15) is 24.3 Å². The zero-order valence-electron chi connectivity index (χ0n) is 22.7. The minimum absolute atomic E-state index is 0.0370. The number of carbonyl (C=O) groups excluding carboxylic acids is 3. The third kappa shape index (κ3) is 10.4. The molecular weight excluding hydrogens is 545 g/mol. The van der Waals surface area contributed by atoms with Crippen LogP contribution in [0.5, 0.6) is 5.75 Å². The number of nitrogens with two attached hydrogens (primary N) is 2. The van der Waals surface area contributed by atoms with Crippen LogP contribution >= 0.6 is 20.5 Å². The topological polar surface area (TPSA) is 167 Å². The number of nitrogens with zero attached hydrogens (tertiary/aromatic N) is 1. The maximum Gasteiger partial charge on any atom is 0.323 e. The lowest BCUT2D eigenvalue weighted by atomic mass is 10.1. The lowest BCUT2D eigenvalue weighted by Gasteiger charge is -2.28. The molecule has 1 aliphatic rings. The van der Waals surface area contributed by atoms with E-state index in [2.05, 4.69) is 10.4 Å². The van der Waals surface area contributed by atoms with E-state index < -0.39 is 32.8 Å². The normalized spacial score (nSPS) is 21.0. The van der Waals surface area contributed by atoms with Crippen molar-refractivity contribution in [2.24, 2.45) is 16.8 Å². The Labute approximate surface area is 234 Å². The maximum absolute atomic E-state index is 12.4. The SMILES string of the molecule is CNC(=O)N(/C=C\C=O)C1OC(COP(N[C@@H](C)C(=O)OC(C)C)Oc2ccc(/C(N)=C/SN)cc2)CC1C. The molecule has 1 aromatic rings. The number of nitrogens with one attached hydrogen (secondary N) is 2. The Hall–Kier alpha value is -2.67. The van der Waals surface area contributed by atoms with Crippen LogP contribution in [0, 0.1) is 5.92 Å². The third-order valence-corrected chi connectivity index (χ3v) is 7.20. The molecule has 0 radical (unpaired) electrons. The minimum Gasteiger partial charge on any atom is -0.462 e. The molecule has 0 spiro atoms. The van der Waals surface area contributed by atoms with Gasteiger partial charge in [-0.05, 0) is 63.1 Å². The van der Waals surface area contributed by atoms with Crippen molar-refractivity contribution in [1.82, 2.24) is 15.3 Å². The van der Waals surface area contributed by atoms with Crippen LogP contribution in [-0.4, -0.2) is 61.3 Å². The summed E-state index contributed by atoms with van der Waals surface area (Å²) in [5.74, 6) is 0.0228. The van der Waals surface area contributed by atoms with Gasteiger partial charge in [0.15, 0.2) is 0 Å². The molecule has 0 saturated carbocycles. The fraction of sp³-hybridized carbons (Fsp3) is 0.480. The fourth-order valence-corrected chi connectivity index (χ4v) is 5.12. The quantitative estimate of drug-likeness (QED) is 0.0835. The molecule has 2 rings (SSSR count). The van der Waals surface area contributed by atoms with E-state index in [4.69, 9.17) is 29.4 Å². The van der Waals surface area contributed by atoms with Gasteiger partial charge in [0, 0.05) is 30.3 Å². The highest BCUT2D eigenvalue weighted by atomic mass is 32.2. The first kappa shape index (κ1) is 32.5. The van der Waals surface area contributed by atoms with E-state index in [0.29, 0.717) is 24.2 Å². The Bertz CT molecular complexity index is 1010. The van der Waals surface area contributed by atoms with Gasteiger partial charge in [0.05, 0.1) is 18.8 Å². The number of amides is 2. The number of allylic oxidation sites excluding steroid dienone is 1. The molecule has 0 aliphatic carbocycles. The number of ether oxygens (including phenoxy) is 2. The zero-order valence-corrected chi connectivity index (χ0v) is 24.4. The molecule has 6 N–H and O–H groups in total. The van der Waals surface area contributed by atoms with Gasteiger partial charge in [-0.3, -0.25) is 19.6 Å². The molecule has 0 bridgehead atoms. The Morgan fingerprint density at radius 3 is 2.56 bits per heavy atom. The molecule has 4 unspecified atom stereocenters. The van der Waals surface area contributed by atoms with Crippen molar-refractivity contribution in [1.29, 1.82) is 0 Å². The van der Waals surface area contributed by atoms with Crippen molar-refractivity contribution in [2.75, 3.05) is 13.7 Å². The van der Waals surface area contributed by atoms with Gasteiger partial charge in [0.25, 0.3) is 0 Å². The van der Waals surface area contributed by atoms with Crippen LogP contribution in [0.3, 0.4) is 0 Å². The first-order valence-electron chi connectivity index (χ1n) is 12.4.